The maximum Gasteiger partial charge on any atom is 0.0262 e. The van der Waals surface area contributed by atoms with Gasteiger partial charge in [-0.2, -0.15) is 0 Å². The molecule has 0 bridgehead atoms. The molecule has 0 nitrogen and oxygen atoms in total. The molecule has 0 aliphatic carbocycles. The second-order valence-electron chi connectivity index (χ2n) is 1.55. The van der Waals surface area contributed by atoms with Gasteiger partial charge in [0.1, 0.15) is 0 Å². The standard InChI is InChI=1S/C6H4S.C2H4/c1-2-4-6-5(3-1)7-6;1-2/h1-4H;1-2H2. The van der Waals surface area contributed by atoms with Crippen LogP contribution in [0.4, 0.5) is 0 Å². The monoisotopic (exact) mass is 136 g/mol. The fraction of sp³-hybridized carbons (Fsp3) is 0. The minimum Gasteiger partial charge on any atom is -0.106 e. The van der Waals surface area contributed by atoms with E-state index in [1.54, 1.807) is 0 Å². The first-order valence-electron chi connectivity index (χ1n) is 2.74. The summed E-state index contributed by atoms with van der Waals surface area (Å²) < 4.78 is 0. The van der Waals surface area contributed by atoms with Gasteiger partial charge < -0.3 is 0 Å². The summed E-state index contributed by atoms with van der Waals surface area (Å²) in [7, 11) is 0. The molecule has 1 heteroatoms. The van der Waals surface area contributed by atoms with Crippen molar-refractivity contribution in [3.63, 3.8) is 0 Å². The third-order valence-electron chi connectivity index (χ3n) is 1.03. The third-order valence-corrected chi connectivity index (χ3v) is 1.98. The molecule has 0 fully saturated rings. The Labute approximate surface area is 59.6 Å². The Morgan fingerprint density at radius 3 is 1.78 bits per heavy atom. The lowest BCUT2D eigenvalue weighted by atomic mass is 10.4. The summed E-state index contributed by atoms with van der Waals surface area (Å²) in [6, 6.07) is 8.41. The Balaban J connectivity index is 0.000000186. The van der Waals surface area contributed by atoms with Crippen LogP contribution < -0.4 is 0 Å². The first-order valence-corrected chi connectivity index (χ1v) is 3.55. The molecule has 0 atom stereocenters. The van der Waals surface area contributed by atoms with Crippen molar-refractivity contribution in [2.45, 2.75) is 9.79 Å². The molecule has 0 spiro atoms. The second kappa shape index (κ2) is 2.74. The lowest BCUT2D eigenvalue weighted by Crippen LogP contribution is -1.46. The molecule has 0 radical (unpaired) electrons. The maximum absolute atomic E-state index is 3.00. The summed E-state index contributed by atoms with van der Waals surface area (Å²) in [5.41, 5.74) is 0. The zero-order valence-corrected chi connectivity index (χ0v) is 5.95. The summed E-state index contributed by atoms with van der Waals surface area (Å²) in [6.07, 6.45) is 0. The van der Waals surface area contributed by atoms with Gasteiger partial charge in [-0.05, 0) is 12.1 Å². The molecule has 9 heavy (non-hydrogen) atoms. The van der Waals surface area contributed by atoms with Crippen LogP contribution in [0.2, 0.25) is 0 Å². The fourth-order valence-corrected chi connectivity index (χ4v) is 1.23. The van der Waals surface area contributed by atoms with Crippen LogP contribution in [0.25, 0.3) is 0 Å². The number of hydrogen-bond acceptors (Lipinski definition) is 1. The van der Waals surface area contributed by atoms with Gasteiger partial charge in [-0.15, -0.1) is 13.2 Å². The van der Waals surface area contributed by atoms with Gasteiger partial charge in [0.05, 0.1) is 0 Å². The minimum absolute atomic E-state index is 1.45. The lowest BCUT2D eigenvalue weighted by molar-refractivity contribution is 1.38. The van der Waals surface area contributed by atoms with E-state index in [1.807, 2.05) is 11.8 Å². The van der Waals surface area contributed by atoms with Crippen molar-refractivity contribution < 1.29 is 0 Å². The summed E-state index contributed by atoms with van der Waals surface area (Å²) in [5.74, 6) is 0. The highest BCUT2D eigenvalue weighted by atomic mass is 32.2. The van der Waals surface area contributed by atoms with Crippen molar-refractivity contribution in [3.8, 4) is 0 Å². The highest BCUT2D eigenvalue weighted by Crippen LogP contribution is 2.47. The first kappa shape index (κ1) is 6.43. The van der Waals surface area contributed by atoms with Crippen molar-refractivity contribution in [1.29, 1.82) is 0 Å². The number of rotatable bonds is 0. The molecule has 1 aliphatic rings. The van der Waals surface area contributed by atoms with E-state index in [4.69, 9.17) is 0 Å². The van der Waals surface area contributed by atoms with Crippen LogP contribution in [0.5, 0.6) is 0 Å². The lowest BCUT2D eigenvalue weighted by Gasteiger charge is -1.66. The van der Waals surface area contributed by atoms with E-state index >= 15 is 0 Å². The van der Waals surface area contributed by atoms with Gasteiger partial charge in [0, 0.05) is 9.79 Å². The van der Waals surface area contributed by atoms with E-state index in [1.165, 1.54) is 9.79 Å². The molecular weight excluding hydrogens is 128 g/mol. The zero-order valence-electron chi connectivity index (χ0n) is 5.13. The first-order chi connectivity index (χ1) is 4.47. The van der Waals surface area contributed by atoms with Gasteiger partial charge in [0.2, 0.25) is 0 Å². The normalized spacial score (nSPS) is 10.7. The number of fused-ring (bicyclic) bond motifs is 1. The quantitative estimate of drug-likeness (QED) is 0.396. The molecule has 1 aliphatic heterocycles. The maximum atomic E-state index is 3.00. The average Bonchev–Trinajstić information content (AvgIpc) is 2.69. The predicted molar refractivity (Wildman–Crippen MR) is 41.8 cm³/mol. The van der Waals surface area contributed by atoms with Gasteiger partial charge in [-0.3, -0.25) is 0 Å². The predicted octanol–water partition coefficient (Wildman–Crippen LogP) is 2.95. The second-order valence-corrected chi connectivity index (χ2v) is 2.63. The van der Waals surface area contributed by atoms with Crippen molar-refractivity contribution in [1.82, 2.24) is 0 Å². The molecule has 0 amide bonds. The Bertz CT molecular complexity index is 184. The van der Waals surface area contributed by atoms with Crippen LogP contribution in [0.3, 0.4) is 0 Å². The van der Waals surface area contributed by atoms with Gasteiger partial charge in [0.15, 0.2) is 0 Å². The SMILES string of the molecule is C=C.c1ccc2c(c1)S2. The number of hydrogen-bond donors (Lipinski definition) is 0. The molecule has 2 rings (SSSR count). The average molecular weight is 136 g/mol. The summed E-state index contributed by atoms with van der Waals surface area (Å²) in [4.78, 5) is 2.89. The largest absolute Gasteiger partial charge is 0.106 e. The van der Waals surface area contributed by atoms with Crippen LogP contribution in [-0.4, -0.2) is 0 Å². The van der Waals surface area contributed by atoms with E-state index < -0.39 is 0 Å². The summed E-state index contributed by atoms with van der Waals surface area (Å²) in [6.45, 7) is 6.00. The highest BCUT2D eigenvalue weighted by molar-refractivity contribution is 8.04. The molecule has 1 aromatic carbocycles. The third kappa shape index (κ3) is 1.36. The van der Waals surface area contributed by atoms with E-state index in [0.29, 0.717) is 0 Å². The van der Waals surface area contributed by atoms with Crippen LogP contribution in [0, 0.1) is 0 Å². The van der Waals surface area contributed by atoms with Gasteiger partial charge >= 0.3 is 0 Å². The van der Waals surface area contributed by atoms with Gasteiger partial charge in [-0.25, -0.2) is 0 Å². The Morgan fingerprint density at radius 1 is 1.00 bits per heavy atom. The molecular formula is C8H8S. The molecule has 0 unspecified atom stereocenters. The molecule has 0 saturated heterocycles. The van der Waals surface area contributed by atoms with E-state index in [-0.39, 0.29) is 0 Å². The molecule has 0 N–H and O–H groups in total. The Hall–Kier alpha value is -0.690. The smallest absolute Gasteiger partial charge is 0.0262 e. The summed E-state index contributed by atoms with van der Waals surface area (Å²) >= 11 is 1.86. The fourth-order valence-electron chi connectivity index (χ4n) is 0.611. The molecule has 46 valence electrons. The van der Waals surface area contributed by atoms with Crippen molar-refractivity contribution >= 4 is 11.8 Å². The molecule has 0 aromatic heterocycles. The Morgan fingerprint density at radius 2 is 1.44 bits per heavy atom. The summed E-state index contributed by atoms with van der Waals surface area (Å²) in [5, 5.41) is 0. The van der Waals surface area contributed by atoms with Crippen molar-refractivity contribution in [2.24, 2.45) is 0 Å². The Kier molecular flexibility index (Phi) is 1.96. The van der Waals surface area contributed by atoms with Gasteiger partial charge in [0.25, 0.3) is 0 Å². The molecule has 0 saturated carbocycles. The number of benzene rings is 1. The zero-order chi connectivity index (χ0) is 6.69. The van der Waals surface area contributed by atoms with Crippen molar-refractivity contribution in [2.75, 3.05) is 0 Å². The topological polar surface area (TPSA) is 0 Å². The van der Waals surface area contributed by atoms with E-state index in [9.17, 15) is 0 Å². The van der Waals surface area contributed by atoms with Gasteiger partial charge in [-0.1, -0.05) is 23.9 Å². The van der Waals surface area contributed by atoms with Crippen LogP contribution in [0.1, 0.15) is 0 Å². The van der Waals surface area contributed by atoms with Crippen LogP contribution in [-0.2, 0) is 0 Å². The molecule has 1 heterocycles. The highest BCUT2D eigenvalue weighted by Gasteiger charge is 2.14. The van der Waals surface area contributed by atoms with Crippen LogP contribution in [0.15, 0.2) is 47.2 Å². The van der Waals surface area contributed by atoms with Crippen LogP contribution >= 0.6 is 11.8 Å². The van der Waals surface area contributed by atoms with E-state index in [2.05, 4.69) is 37.4 Å². The van der Waals surface area contributed by atoms with E-state index in [0.717, 1.165) is 0 Å². The minimum atomic E-state index is 1.45. The van der Waals surface area contributed by atoms with Crippen molar-refractivity contribution in [3.05, 3.63) is 37.4 Å². The molecule has 1 aromatic rings.